The van der Waals surface area contributed by atoms with Crippen molar-refractivity contribution in [3.05, 3.63) is 18.2 Å². The van der Waals surface area contributed by atoms with Crippen molar-refractivity contribution in [3.63, 3.8) is 0 Å². The second kappa shape index (κ2) is 5.20. The average molecular weight is 297 g/mol. The Kier molecular flexibility index (Phi) is 3.54. The van der Waals surface area contributed by atoms with Crippen molar-refractivity contribution < 1.29 is 13.2 Å². The molecule has 1 fully saturated rings. The Hall–Kier alpha value is -1.37. The molecule has 2 atom stereocenters. The maximum atomic E-state index is 12.0. The van der Waals surface area contributed by atoms with Crippen LogP contribution >= 0.6 is 0 Å². The minimum Gasteiger partial charge on any atom is -0.352 e. The number of carbonyl (C=O) groups is 1. The standard InChI is InChI=1S/C13H19N3O3S/c17-13(7-10-3-6-20(18,19)9-10)15-11-1-2-12-14-4-5-16(12)8-11/h4-5,10-11H,1-3,6-9H2,(H,15,17)/t10-,11-/m1/s1. The monoisotopic (exact) mass is 297 g/mol. The quantitative estimate of drug-likeness (QED) is 0.860. The lowest BCUT2D eigenvalue weighted by atomic mass is 10.0. The van der Waals surface area contributed by atoms with E-state index in [4.69, 9.17) is 0 Å². The van der Waals surface area contributed by atoms with Crippen molar-refractivity contribution in [2.24, 2.45) is 5.92 Å². The van der Waals surface area contributed by atoms with E-state index in [-0.39, 0.29) is 29.4 Å². The van der Waals surface area contributed by atoms with Gasteiger partial charge in [-0.05, 0) is 18.8 Å². The molecule has 1 saturated heterocycles. The highest BCUT2D eigenvalue weighted by atomic mass is 32.2. The number of fused-ring (bicyclic) bond motifs is 1. The number of nitrogens with zero attached hydrogens (tertiary/aromatic N) is 2. The molecule has 0 aromatic carbocycles. The highest BCUT2D eigenvalue weighted by Gasteiger charge is 2.30. The number of nitrogens with one attached hydrogen (secondary N) is 1. The van der Waals surface area contributed by atoms with E-state index in [0.717, 1.165) is 25.2 Å². The van der Waals surface area contributed by atoms with Gasteiger partial charge in [0.1, 0.15) is 5.82 Å². The third kappa shape index (κ3) is 3.03. The number of imidazole rings is 1. The molecule has 110 valence electrons. The first-order chi connectivity index (χ1) is 9.52. The first-order valence-corrected chi connectivity index (χ1v) is 8.84. The molecule has 0 radical (unpaired) electrons. The smallest absolute Gasteiger partial charge is 0.220 e. The Labute approximate surface area is 118 Å². The topological polar surface area (TPSA) is 81.1 Å². The van der Waals surface area contributed by atoms with Gasteiger partial charge in [-0.15, -0.1) is 0 Å². The van der Waals surface area contributed by atoms with Crippen LogP contribution in [0.3, 0.4) is 0 Å². The maximum Gasteiger partial charge on any atom is 0.220 e. The van der Waals surface area contributed by atoms with E-state index in [9.17, 15) is 13.2 Å². The van der Waals surface area contributed by atoms with Gasteiger partial charge in [-0.3, -0.25) is 4.79 Å². The Morgan fingerprint density at radius 1 is 1.45 bits per heavy atom. The van der Waals surface area contributed by atoms with Gasteiger partial charge < -0.3 is 9.88 Å². The number of carbonyl (C=O) groups excluding carboxylic acids is 1. The molecule has 3 heterocycles. The summed E-state index contributed by atoms with van der Waals surface area (Å²) >= 11 is 0. The minimum absolute atomic E-state index is 0.00704. The normalized spacial score (nSPS) is 28.0. The molecule has 1 aromatic rings. The molecule has 0 bridgehead atoms. The van der Waals surface area contributed by atoms with Crippen molar-refractivity contribution >= 4 is 15.7 Å². The van der Waals surface area contributed by atoms with Crippen molar-refractivity contribution in [2.45, 2.75) is 38.3 Å². The third-order valence-corrected chi connectivity index (χ3v) is 5.94. The third-order valence-electron chi connectivity index (χ3n) is 4.10. The van der Waals surface area contributed by atoms with Gasteiger partial charge in [-0.25, -0.2) is 13.4 Å². The number of amides is 1. The zero-order chi connectivity index (χ0) is 14.2. The highest BCUT2D eigenvalue weighted by Crippen LogP contribution is 2.21. The first-order valence-electron chi connectivity index (χ1n) is 7.02. The van der Waals surface area contributed by atoms with Crippen LogP contribution in [0.15, 0.2) is 12.4 Å². The van der Waals surface area contributed by atoms with Gasteiger partial charge in [-0.2, -0.15) is 0 Å². The van der Waals surface area contributed by atoms with E-state index in [2.05, 4.69) is 14.9 Å². The molecule has 0 unspecified atom stereocenters. The van der Waals surface area contributed by atoms with Gasteiger partial charge in [0.15, 0.2) is 9.84 Å². The van der Waals surface area contributed by atoms with Crippen molar-refractivity contribution in [1.82, 2.24) is 14.9 Å². The number of rotatable bonds is 3. The Bertz CT molecular complexity index is 608. The molecule has 0 aliphatic carbocycles. The molecular formula is C13H19N3O3S. The van der Waals surface area contributed by atoms with Crippen LogP contribution in [0.2, 0.25) is 0 Å². The SMILES string of the molecule is O=C(C[C@H]1CCS(=O)(=O)C1)N[C@@H]1CCc2nccn2C1. The summed E-state index contributed by atoms with van der Waals surface area (Å²) in [6.45, 7) is 0.754. The van der Waals surface area contributed by atoms with Crippen LogP contribution in [0.5, 0.6) is 0 Å². The van der Waals surface area contributed by atoms with Gasteiger partial charge in [-0.1, -0.05) is 0 Å². The number of hydrogen-bond donors (Lipinski definition) is 1. The van der Waals surface area contributed by atoms with E-state index in [1.807, 2.05) is 6.20 Å². The Morgan fingerprint density at radius 2 is 2.30 bits per heavy atom. The fourth-order valence-corrected chi connectivity index (χ4v) is 4.93. The predicted octanol–water partition coefficient (Wildman–Crippen LogP) is 0.139. The number of aromatic nitrogens is 2. The fourth-order valence-electron chi connectivity index (χ4n) is 3.07. The van der Waals surface area contributed by atoms with E-state index in [1.54, 1.807) is 6.20 Å². The number of aryl methyl sites for hydroxylation is 1. The van der Waals surface area contributed by atoms with Crippen LogP contribution in [0.25, 0.3) is 0 Å². The molecule has 7 heteroatoms. The van der Waals surface area contributed by atoms with E-state index in [0.29, 0.717) is 12.8 Å². The first kappa shape index (κ1) is 13.6. The zero-order valence-corrected chi connectivity index (χ0v) is 12.1. The lowest BCUT2D eigenvalue weighted by Gasteiger charge is -2.25. The van der Waals surface area contributed by atoms with Crippen LogP contribution < -0.4 is 5.32 Å². The van der Waals surface area contributed by atoms with Gasteiger partial charge in [0.2, 0.25) is 5.91 Å². The lowest BCUT2D eigenvalue weighted by molar-refractivity contribution is -0.122. The van der Waals surface area contributed by atoms with E-state index < -0.39 is 9.84 Å². The van der Waals surface area contributed by atoms with E-state index >= 15 is 0 Å². The summed E-state index contributed by atoms with van der Waals surface area (Å²) in [4.78, 5) is 16.3. The van der Waals surface area contributed by atoms with Crippen molar-refractivity contribution in [2.75, 3.05) is 11.5 Å². The molecule has 2 aliphatic heterocycles. The van der Waals surface area contributed by atoms with Crippen LogP contribution in [0.4, 0.5) is 0 Å². The predicted molar refractivity (Wildman–Crippen MR) is 73.9 cm³/mol. The van der Waals surface area contributed by atoms with Crippen molar-refractivity contribution in [1.29, 1.82) is 0 Å². The second-order valence-electron chi connectivity index (χ2n) is 5.77. The second-order valence-corrected chi connectivity index (χ2v) is 8.00. The summed E-state index contributed by atoms with van der Waals surface area (Å²) in [7, 11) is -2.90. The zero-order valence-electron chi connectivity index (χ0n) is 11.3. The maximum absolute atomic E-state index is 12.0. The Morgan fingerprint density at radius 3 is 3.05 bits per heavy atom. The summed E-state index contributed by atoms with van der Waals surface area (Å²) in [6.07, 6.45) is 6.42. The summed E-state index contributed by atoms with van der Waals surface area (Å²) < 4.78 is 24.8. The number of hydrogen-bond acceptors (Lipinski definition) is 4. The fraction of sp³-hybridized carbons (Fsp3) is 0.692. The lowest BCUT2D eigenvalue weighted by Crippen LogP contribution is -2.41. The van der Waals surface area contributed by atoms with Gasteiger partial charge in [0.25, 0.3) is 0 Å². The van der Waals surface area contributed by atoms with Crippen LogP contribution in [0, 0.1) is 5.92 Å². The summed E-state index contributed by atoms with van der Waals surface area (Å²) in [5, 5.41) is 3.02. The van der Waals surface area contributed by atoms with Crippen LogP contribution in [-0.4, -0.2) is 41.4 Å². The molecule has 20 heavy (non-hydrogen) atoms. The highest BCUT2D eigenvalue weighted by molar-refractivity contribution is 7.91. The molecular weight excluding hydrogens is 278 g/mol. The molecule has 1 aromatic heterocycles. The summed E-state index contributed by atoms with van der Waals surface area (Å²) in [5.41, 5.74) is 0. The minimum atomic E-state index is -2.90. The molecule has 0 saturated carbocycles. The molecule has 1 amide bonds. The average Bonchev–Trinajstić information content (AvgIpc) is 2.95. The van der Waals surface area contributed by atoms with Gasteiger partial charge in [0.05, 0.1) is 11.5 Å². The number of sulfone groups is 1. The molecule has 2 aliphatic rings. The molecule has 1 N–H and O–H groups in total. The van der Waals surface area contributed by atoms with Crippen molar-refractivity contribution in [3.8, 4) is 0 Å². The Balaban J connectivity index is 1.51. The molecule has 0 spiro atoms. The van der Waals surface area contributed by atoms with E-state index in [1.165, 1.54) is 0 Å². The largest absolute Gasteiger partial charge is 0.352 e. The van der Waals surface area contributed by atoms with Crippen LogP contribution in [-0.2, 0) is 27.6 Å². The summed E-state index contributed by atoms with van der Waals surface area (Å²) in [6, 6.07) is 0.127. The summed E-state index contributed by atoms with van der Waals surface area (Å²) in [5.74, 6) is 1.43. The van der Waals surface area contributed by atoms with Crippen LogP contribution in [0.1, 0.15) is 25.1 Å². The van der Waals surface area contributed by atoms with Gasteiger partial charge >= 0.3 is 0 Å². The molecule has 6 nitrogen and oxygen atoms in total. The van der Waals surface area contributed by atoms with Gasteiger partial charge in [0, 0.05) is 37.8 Å². The molecule has 3 rings (SSSR count).